The molecule has 0 unspecified atom stereocenters. The Labute approximate surface area is 200 Å². The van der Waals surface area contributed by atoms with Gasteiger partial charge in [-0.2, -0.15) is 0 Å². The van der Waals surface area contributed by atoms with E-state index in [4.69, 9.17) is 0 Å². The van der Waals surface area contributed by atoms with Gasteiger partial charge in [0, 0.05) is 5.56 Å². The van der Waals surface area contributed by atoms with Crippen LogP contribution in [-0.4, -0.2) is 20.8 Å². The lowest BCUT2D eigenvalue weighted by atomic mass is 9.76. The molecule has 170 valence electrons. The van der Waals surface area contributed by atoms with Gasteiger partial charge in [-0.1, -0.05) is 81.4 Å². The predicted octanol–water partition coefficient (Wildman–Crippen LogP) is 7.03. The number of carbonyl (C=O) groups is 1. The van der Waals surface area contributed by atoms with E-state index >= 15 is 0 Å². The fourth-order valence-corrected chi connectivity index (χ4v) is 4.37. The summed E-state index contributed by atoms with van der Waals surface area (Å²) >= 11 is 0. The van der Waals surface area contributed by atoms with E-state index in [1.807, 2.05) is 62.4 Å². The summed E-state index contributed by atoms with van der Waals surface area (Å²) in [5, 5.41) is 11.6. The molecule has 34 heavy (non-hydrogen) atoms. The maximum Gasteiger partial charge on any atom is 0.175 e. The van der Waals surface area contributed by atoms with Crippen molar-refractivity contribution in [3.05, 3.63) is 102 Å². The molecular formula is C30H29N3O. The zero-order valence-corrected chi connectivity index (χ0v) is 20.3. The van der Waals surface area contributed by atoms with Crippen LogP contribution in [0.25, 0.3) is 27.5 Å². The van der Waals surface area contributed by atoms with Crippen LogP contribution in [0.5, 0.6) is 0 Å². The Morgan fingerprint density at radius 2 is 1.26 bits per heavy atom. The van der Waals surface area contributed by atoms with Gasteiger partial charge in [-0.3, -0.25) is 4.79 Å². The van der Waals surface area contributed by atoms with E-state index in [2.05, 4.69) is 67.4 Å². The first-order chi connectivity index (χ1) is 16.1. The molecule has 4 nitrogen and oxygen atoms in total. The number of carbonyl (C=O) groups excluding carboxylic acids is 1. The fraction of sp³-hybridized carbons (Fsp3) is 0.233. The van der Waals surface area contributed by atoms with Gasteiger partial charge < -0.3 is 0 Å². The third-order valence-corrected chi connectivity index (χ3v) is 6.65. The van der Waals surface area contributed by atoms with Crippen molar-refractivity contribution in [2.24, 2.45) is 0 Å². The molecule has 0 saturated carbocycles. The average Bonchev–Trinajstić information content (AvgIpc) is 3.26. The largest absolute Gasteiger partial charge is 0.293 e. The van der Waals surface area contributed by atoms with E-state index in [0.717, 1.165) is 32.9 Å². The minimum absolute atomic E-state index is 0.0465. The Bertz CT molecular complexity index is 1500. The van der Waals surface area contributed by atoms with Gasteiger partial charge in [0.2, 0.25) is 0 Å². The third-order valence-electron chi connectivity index (χ3n) is 6.65. The third kappa shape index (κ3) is 3.79. The van der Waals surface area contributed by atoms with E-state index in [-0.39, 0.29) is 11.2 Å². The quantitative estimate of drug-likeness (QED) is 0.278. The highest BCUT2D eigenvalue weighted by Gasteiger charge is 2.34. The lowest BCUT2D eigenvalue weighted by Crippen LogP contribution is -2.30. The zero-order valence-electron chi connectivity index (χ0n) is 20.3. The molecule has 0 atom stereocenters. The molecule has 0 radical (unpaired) electrons. The molecular weight excluding hydrogens is 418 g/mol. The molecule has 0 aliphatic rings. The molecule has 0 spiro atoms. The van der Waals surface area contributed by atoms with Crippen molar-refractivity contribution in [2.75, 3.05) is 0 Å². The number of aromatic nitrogens is 3. The van der Waals surface area contributed by atoms with Crippen molar-refractivity contribution in [1.82, 2.24) is 15.0 Å². The van der Waals surface area contributed by atoms with Gasteiger partial charge in [0.25, 0.3) is 0 Å². The molecule has 0 aliphatic carbocycles. The summed E-state index contributed by atoms with van der Waals surface area (Å²) in [4.78, 5) is 15.8. The molecule has 0 bridgehead atoms. The molecule has 1 aromatic heterocycles. The second kappa shape index (κ2) is 7.91. The molecule has 1 heterocycles. The first-order valence-corrected chi connectivity index (χ1v) is 11.7. The highest BCUT2D eigenvalue weighted by molar-refractivity contribution is 6.06. The van der Waals surface area contributed by atoms with Crippen molar-refractivity contribution in [3.8, 4) is 5.69 Å². The summed E-state index contributed by atoms with van der Waals surface area (Å²) in [6.07, 6.45) is 0. The first kappa shape index (κ1) is 22.0. The number of rotatable bonds is 4. The summed E-state index contributed by atoms with van der Waals surface area (Å²) in [5.41, 5.74) is 4.19. The molecule has 4 aromatic carbocycles. The van der Waals surface area contributed by atoms with Gasteiger partial charge in [0.1, 0.15) is 11.0 Å². The lowest BCUT2D eigenvalue weighted by Gasteiger charge is -2.27. The summed E-state index contributed by atoms with van der Waals surface area (Å²) in [6.45, 7) is 10.5. The maximum absolute atomic E-state index is 14.2. The summed E-state index contributed by atoms with van der Waals surface area (Å²) in [5.74, 6) is 0.0465. The van der Waals surface area contributed by atoms with Crippen LogP contribution < -0.4 is 0 Å². The number of ketones is 1. The van der Waals surface area contributed by atoms with Crippen LogP contribution in [0.3, 0.4) is 0 Å². The van der Waals surface area contributed by atoms with Crippen LogP contribution in [0.2, 0.25) is 0 Å². The summed E-state index contributed by atoms with van der Waals surface area (Å²) in [6, 6.07) is 28.3. The van der Waals surface area contributed by atoms with Gasteiger partial charge in [-0.25, -0.2) is 0 Å². The smallest absolute Gasteiger partial charge is 0.175 e. The first-order valence-electron chi connectivity index (χ1n) is 11.7. The zero-order chi connectivity index (χ0) is 24.1. The number of hydrogen-bond donors (Lipinski definition) is 0. The van der Waals surface area contributed by atoms with E-state index < -0.39 is 5.41 Å². The van der Waals surface area contributed by atoms with Crippen LogP contribution >= 0.6 is 0 Å². The van der Waals surface area contributed by atoms with E-state index in [0.29, 0.717) is 11.3 Å². The minimum Gasteiger partial charge on any atom is -0.293 e. The summed E-state index contributed by atoms with van der Waals surface area (Å²) in [7, 11) is 0. The Kier molecular flexibility index (Phi) is 5.12. The van der Waals surface area contributed by atoms with Gasteiger partial charge >= 0.3 is 0 Å². The van der Waals surface area contributed by atoms with Crippen molar-refractivity contribution in [3.63, 3.8) is 0 Å². The number of fused-ring (bicyclic) bond motifs is 2. The average molecular weight is 448 g/mol. The molecule has 0 amide bonds. The monoisotopic (exact) mass is 447 g/mol. The molecule has 5 rings (SSSR count). The number of benzene rings is 4. The second-order valence-electron chi connectivity index (χ2n) is 10.5. The van der Waals surface area contributed by atoms with E-state index in [9.17, 15) is 4.79 Å². The van der Waals surface area contributed by atoms with Gasteiger partial charge in [-0.15, -0.1) is 15.0 Å². The Morgan fingerprint density at radius 3 is 1.91 bits per heavy atom. The highest BCUT2D eigenvalue weighted by atomic mass is 16.1. The second-order valence-corrected chi connectivity index (χ2v) is 10.5. The molecule has 0 fully saturated rings. The van der Waals surface area contributed by atoms with Gasteiger partial charge in [0.05, 0.1) is 11.1 Å². The standard InChI is InChI=1S/C30H29N3O/c1-29(2,3)22-16-17-27(33-31-25-12-8-9-13-26(25)32-33)24(19-22)28(34)30(4,5)23-15-14-20-10-6-7-11-21(20)18-23/h6-19H,1-5H3. The maximum atomic E-state index is 14.2. The number of hydrogen-bond acceptors (Lipinski definition) is 3. The highest BCUT2D eigenvalue weighted by Crippen LogP contribution is 2.34. The van der Waals surface area contributed by atoms with Gasteiger partial charge in [-0.05, 0) is 65.4 Å². The summed E-state index contributed by atoms with van der Waals surface area (Å²) < 4.78 is 0. The Morgan fingerprint density at radius 1 is 0.676 bits per heavy atom. The molecule has 0 N–H and O–H groups in total. The lowest BCUT2D eigenvalue weighted by molar-refractivity contribution is 0.0908. The fourth-order valence-electron chi connectivity index (χ4n) is 4.37. The van der Waals surface area contributed by atoms with Gasteiger partial charge in [0.15, 0.2) is 5.78 Å². The van der Waals surface area contributed by atoms with Crippen LogP contribution in [0.1, 0.15) is 56.1 Å². The molecule has 5 aromatic rings. The Balaban J connectivity index is 1.67. The van der Waals surface area contributed by atoms with Crippen LogP contribution in [-0.2, 0) is 10.8 Å². The molecule has 0 saturated heterocycles. The predicted molar refractivity (Wildman–Crippen MR) is 139 cm³/mol. The Hall–Kier alpha value is -3.79. The molecule has 4 heteroatoms. The number of nitrogens with zero attached hydrogens (tertiary/aromatic N) is 3. The topological polar surface area (TPSA) is 47.8 Å². The minimum atomic E-state index is -0.734. The normalized spacial score (nSPS) is 12.4. The van der Waals surface area contributed by atoms with E-state index in [1.54, 1.807) is 4.80 Å². The van der Waals surface area contributed by atoms with Crippen LogP contribution in [0.15, 0.2) is 84.9 Å². The van der Waals surface area contributed by atoms with Crippen molar-refractivity contribution < 1.29 is 4.79 Å². The van der Waals surface area contributed by atoms with Crippen LogP contribution in [0.4, 0.5) is 0 Å². The van der Waals surface area contributed by atoms with E-state index in [1.165, 1.54) is 0 Å². The molecule has 0 aliphatic heterocycles. The SMILES string of the molecule is CC(C)(C)c1ccc(-n2nc3ccccc3n2)c(C(=O)C(C)(C)c2ccc3ccccc3c2)c1. The number of Topliss-reactive ketones (excluding diaryl/α,β-unsaturated/α-hetero) is 1. The van der Waals surface area contributed by atoms with Crippen molar-refractivity contribution >= 4 is 27.6 Å². The van der Waals surface area contributed by atoms with Crippen molar-refractivity contribution in [1.29, 1.82) is 0 Å². The van der Waals surface area contributed by atoms with Crippen molar-refractivity contribution in [2.45, 2.75) is 45.4 Å². The van der Waals surface area contributed by atoms with Crippen LogP contribution in [0, 0.1) is 0 Å².